The van der Waals surface area contributed by atoms with E-state index in [9.17, 15) is 0 Å². The number of pyridine rings is 1. The molecular formula is C31H55N7O3S. The second-order valence-electron chi connectivity index (χ2n) is 10.5. The van der Waals surface area contributed by atoms with Crippen LogP contribution in [0.3, 0.4) is 0 Å². The van der Waals surface area contributed by atoms with Crippen LogP contribution in [0.2, 0.25) is 0 Å². The van der Waals surface area contributed by atoms with Crippen molar-refractivity contribution < 1.29 is 14.2 Å². The highest BCUT2D eigenvalue weighted by Gasteiger charge is 2.32. The van der Waals surface area contributed by atoms with Crippen molar-refractivity contribution in [3.05, 3.63) is 47.4 Å². The van der Waals surface area contributed by atoms with Crippen molar-refractivity contribution in [2.24, 2.45) is 10.7 Å². The molecule has 10 nitrogen and oxygen atoms in total. The third kappa shape index (κ3) is 17.7. The number of rotatable bonds is 26. The number of nitrogens with one attached hydrogen (secondary N) is 4. The van der Waals surface area contributed by atoms with Gasteiger partial charge < -0.3 is 41.2 Å². The van der Waals surface area contributed by atoms with E-state index in [0.29, 0.717) is 45.3 Å². The van der Waals surface area contributed by atoms with Crippen LogP contribution in [0.4, 0.5) is 5.82 Å². The number of ether oxygens (including phenoxy) is 3. The first-order valence-electron chi connectivity index (χ1n) is 15.5. The summed E-state index contributed by atoms with van der Waals surface area (Å²) in [6.45, 7) is 12.5. The second-order valence-corrected chi connectivity index (χ2v) is 11.4. The fourth-order valence-corrected chi connectivity index (χ4v) is 5.27. The highest BCUT2D eigenvalue weighted by Crippen LogP contribution is 2.31. The molecule has 1 aromatic rings. The summed E-state index contributed by atoms with van der Waals surface area (Å²) in [5.41, 5.74) is 7.83. The topological polar surface area (TPSA) is 127 Å². The molecule has 0 aromatic carbocycles. The van der Waals surface area contributed by atoms with Crippen molar-refractivity contribution in [2.45, 2.75) is 63.8 Å². The smallest absolute Gasteiger partial charge is 0.126 e. The zero-order valence-corrected chi connectivity index (χ0v) is 26.5. The molecule has 6 N–H and O–H groups in total. The van der Waals surface area contributed by atoms with E-state index in [1.807, 2.05) is 17.7 Å². The van der Waals surface area contributed by atoms with Crippen molar-refractivity contribution in [1.82, 2.24) is 20.9 Å². The Hall–Kier alpha value is -2.15. The Bertz CT molecular complexity index is 882. The molecule has 1 saturated carbocycles. The number of hydrogen-bond donors (Lipinski definition) is 5. The molecule has 42 heavy (non-hydrogen) atoms. The molecule has 2 rings (SSSR count). The molecule has 1 aliphatic carbocycles. The van der Waals surface area contributed by atoms with Crippen LogP contribution in [-0.2, 0) is 20.6 Å². The third-order valence-corrected chi connectivity index (χ3v) is 7.56. The standard InChI is InChI=1S/C31H55N7O3S/c1-3-4-13-34-14-15-35-25-28(32)26-41-22-21-40-20-19-39-18-16-37-31(11-6-5-7-12-31)24-29-9-8-10-30(38-29)36-27-42-23-17-33-2/h8-10,17,23,25,34-35,37H,2-7,11-16,18-22,24,26-27,32H2,1H3,(H,36,38)/b23-17-,28-25-. The Balaban J connectivity index is 1.54. The SMILES string of the molecule is C=N/C=C\SCNc1cccc(CC2(NCCOCCOCCOC/C(N)=C/NCCNCCCC)CCCCC2)n1. The molecule has 0 amide bonds. The molecule has 0 radical (unpaired) electrons. The van der Waals surface area contributed by atoms with E-state index in [-0.39, 0.29) is 5.54 Å². The lowest BCUT2D eigenvalue weighted by atomic mass is 9.78. The van der Waals surface area contributed by atoms with Gasteiger partial charge >= 0.3 is 0 Å². The van der Waals surface area contributed by atoms with Gasteiger partial charge in [0.2, 0.25) is 0 Å². The fraction of sp³-hybridized carbons (Fsp3) is 0.677. The van der Waals surface area contributed by atoms with Crippen LogP contribution in [-0.4, -0.2) is 88.9 Å². The number of unbranched alkanes of at least 4 members (excludes halogenated alkanes) is 1. The van der Waals surface area contributed by atoms with E-state index >= 15 is 0 Å². The van der Waals surface area contributed by atoms with Gasteiger partial charge in [-0.25, -0.2) is 4.98 Å². The molecule has 0 unspecified atom stereocenters. The Morgan fingerprint density at radius 2 is 1.83 bits per heavy atom. The minimum absolute atomic E-state index is 0.0749. The van der Waals surface area contributed by atoms with Crippen LogP contribution >= 0.6 is 11.8 Å². The van der Waals surface area contributed by atoms with Gasteiger partial charge in [-0.3, -0.25) is 4.99 Å². The number of hydrogen-bond acceptors (Lipinski definition) is 11. The average molecular weight is 606 g/mol. The van der Waals surface area contributed by atoms with Crippen molar-refractivity contribution in [3.8, 4) is 0 Å². The van der Waals surface area contributed by atoms with Crippen molar-refractivity contribution in [1.29, 1.82) is 0 Å². The lowest BCUT2D eigenvalue weighted by Crippen LogP contribution is -2.50. The van der Waals surface area contributed by atoms with Crippen molar-refractivity contribution in [2.75, 3.05) is 77.0 Å². The van der Waals surface area contributed by atoms with Gasteiger partial charge in [-0.05, 0) is 50.1 Å². The summed E-state index contributed by atoms with van der Waals surface area (Å²) in [5, 5.41) is 15.7. The maximum atomic E-state index is 5.96. The molecule has 0 saturated heterocycles. The quantitative estimate of drug-likeness (QED) is 0.0600. The van der Waals surface area contributed by atoms with Gasteiger partial charge in [0, 0.05) is 49.7 Å². The molecule has 0 spiro atoms. The number of aromatic nitrogens is 1. The summed E-state index contributed by atoms with van der Waals surface area (Å²) in [5.74, 6) is 1.64. The normalized spacial score (nSPS) is 15.2. The molecule has 238 valence electrons. The number of aliphatic imine (C=N–C) groups is 1. The summed E-state index contributed by atoms with van der Waals surface area (Å²) >= 11 is 1.63. The van der Waals surface area contributed by atoms with Crippen LogP contribution in [0.1, 0.15) is 57.6 Å². The van der Waals surface area contributed by atoms with Gasteiger partial charge in [-0.15, -0.1) is 11.8 Å². The minimum Gasteiger partial charge on any atom is -0.399 e. The summed E-state index contributed by atoms with van der Waals surface area (Å²) in [6.07, 6.45) is 13.0. The molecule has 0 aliphatic heterocycles. The van der Waals surface area contributed by atoms with Crippen LogP contribution in [0, 0.1) is 0 Å². The van der Waals surface area contributed by atoms with Crippen LogP contribution < -0.4 is 27.0 Å². The van der Waals surface area contributed by atoms with E-state index in [2.05, 4.69) is 52.0 Å². The zero-order chi connectivity index (χ0) is 30.0. The number of nitrogens with zero attached hydrogens (tertiary/aromatic N) is 2. The zero-order valence-electron chi connectivity index (χ0n) is 25.7. The largest absolute Gasteiger partial charge is 0.399 e. The Morgan fingerprint density at radius 3 is 2.62 bits per heavy atom. The van der Waals surface area contributed by atoms with Gasteiger partial charge in [-0.1, -0.05) is 38.7 Å². The van der Waals surface area contributed by atoms with Gasteiger partial charge in [0.25, 0.3) is 0 Å². The molecule has 1 fully saturated rings. The molecule has 1 aliphatic rings. The summed E-state index contributed by atoms with van der Waals surface area (Å²) in [6, 6.07) is 6.23. The van der Waals surface area contributed by atoms with Crippen molar-refractivity contribution >= 4 is 24.3 Å². The predicted molar refractivity (Wildman–Crippen MR) is 177 cm³/mol. The lowest BCUT2D eigenvalue weighted by molar-refractivity contribution is 0.0176. The summed E-state index contributed by atoms with van der Waals surface area (Å²) < 4.78 is 17.0. The monoisotopic (exact) mass is 605 g/mol. The molecule has 1 aromatic heterocycles. The molecule has 1 heterocycles. The maximum absolute atomic E-state index is 5.96. The highest BCUT2D eigenvalue weighted by molar-refractivity contribution is 8.02. The highest BCUT2D eigenvalue weighted by atomic mass is 32.2. The Morgan fingerprint density at radius 1 is 1.05 bits per heavy atom. The van der Waals surface area contributed by atoms with E-state index < -0.39 is 0 Å². The number of nitrogens with two attached hydrogens (primary N) is 1. The first-order chi connectivity index (χ1) is 20.7. The summed E-state index contributed by atoms with van der Waals surface area (Å²) in [7, 11) is 0. The first kappa shape index (κ1) is 36.0. The Kier molecular flexibility index (Phi) is 20.9. The minimum atomic E-state index is 0.0749. The van der Waals surface area contributed by atoms with Gasteiger partial charge in [-0.2, -0.15) is 0 Å². The maximum Gasteiger partial charge on any atom is 0.126 e. The van der Waals surface area contributed by atoms with Gasteiger partial charge in [0.15, 0.2) is 0 Å². The first-order valence-corrected chi connectivity index (χ1v) is 16.5. The van der Waals surface area contributed by atoms with Gasteiger partial charge in [0.1, 0.15) is 5.82 Å². The second kappa shape index (κ2) is 24.3. The van der Waals surface area contributed by atoms with E-state index in [0.717, 1.165) is 62.8 Å². The molecule has 0 bridgehead atoms. The third-order valence-electron chi connectivity index (χ3n) is 6.94. The number of thioether (sulfide) groups is 1. The van der Waals surface area contributed by atoms with Crippen LogP contribution in [0.25, 0.3) is 0 Å². The van der Waals surface area contributed by atoms with Crippen LogP contribution in [0.15, 0.2) is 46.7 Å². The van der Waals surface area contributed by atoms with E-state index in [1.165, 1.54) is 32.1 Å². The molecular weight excluding hydrogens is 550 g/mol. The fourth-order valence-electron chi connectivity index (χ4n) is 4.77. The van der Waals surface area contributed by atoms with E-state index in [4.69, 9.17) is 24.9 Å². The lowest BCUT2D eigenvalue weighted by Gasteiger charge is -2.38. The predicted octanol–water partition coefficient (Wildman–Crippen LogP) is 4.02. The molecule has 11 heteroatoms. The van der Waals surface area contributed by atoms with Crippen molar-refractivity contribution in [3.63, 3.8) is 0 Å². The van der Waals surface area contributed by atoms with Gasteiger partial charge in [0.05, 0.1) is 51.2 Å². The average Bonchev–Trinajstić information content (AvgIpc) is 3.00. The van der Waals surface area contributed by atoms with Crippen LogP contribution in [0.5, 0.6) is 0 Å². The molecule has 0 atom stereocenters. The van der Waals surface area contributed by atoms with E-state index in [1.54, 1.807) is 18.0 Å². The Labute approximate surface area is 258 Å². The summed E-state index contributed by atoms with van der Waals surface area (Å²) in [4.78, 5) is 8.59. The number of anilines is 1.